The molecular weight excluding hydrogens is 259 g/mol. The fourth-order valence-corrected chi connectivity index (χ4v) is 1.77. The van der Waals surface area contributed by atoms with Gasteiger partial charge < -0.3 is 5.11 Å². The average molecular weight is 267 g/mol. The molecule has 2 aromatic rings. The topological polar surface area (TPSA) is 39.3 Å². The van der Waals surface area contributed by atoms with Gasteiger partial charge in [-0.05, 0) is 17.2 Å². The monoisotopic (exact) mass is 266 g/mol. The second kappa shape index (κ2) is 5.17. The van der Waals surface area contributed by atoms with Crippen LogP contribution in [0.25, 0.3) is 0 Å². The van der Waals surface area contributed by atoms with Crippen molar-refractivity contribution in [1.29, 1.82) is 0 Å². The van der Waals surface area contributed by atoms with Crippen molar-refractivity contribution in [2.75, 3.05) is 0 Å². The van der Waals surface area contributed by atoms with E-state index in [1.54, 1.807) is 36.7 Å². The molecule has 1 aromatic carbocycles. The van der Waals surface area contributed by atoms with Crippen LogP contribution in [0.5, 0.6) is 0 Å². The SMILES string of the molecule is [O-]/C(=N\[n+]1ccccc1)c1ccc(Cl)cc1Cl. The number of hydrogen-bond acceptors (Lipinski definition) is 2. The van der Waals surface area contributed by atoms with Gasteiger partial charge in [-0.3, -0.25) is 0 Å². The van der Waals surface area contributed by atoms with Gasteiger partial charge in [-0.15, -0.1) is 0 Å². The Labute approximate surface area is 109 Å². The predicted molar refractivity (Wildman–Crippen MR) is 65.0 cm³/mol. The molecular formula is C12H8Cl2N2O. The molecule has 0 saturated heterocycles. The van der Waals surface area contributed by atoms with E-state index in [-0.39, 0.29) is 0 Å². The zero-order chi connectivity index (χ0) is 12.3. The van der Waals surface area contributed by atoms with E-state index in [1.807, 2.05) is 6.07 Å². The highest BCUT2D eigenvalue weighted by atomic mass is 35.5. The van der Waals surface area contributed by atoms with Crippen LogP contribution in [0.1, 0.15) is 5.56 Å². The third kappa shape index (κ3) is 2.96. The van der Waals surface area contributed by atoms with Crippen LogP contribution >= 0.6 is 23.2 Å². The molecule has 86 valence electrons. The first-order valence-electron chi connectivity index (χ1n) is 4.84. The molecule has 1 aromatic heterocycles. The number of hydrogen-bond donors (Lipinski definition) is 0. The van der Waals surface area contributed by atoms with E-state index in [1.165, 1.54) is 10.7 Å². The standard InChI is InChI=1S/C12H8Cl2N2O/c13-9-4-5-10(11(14)8-9)12(17)15-16-6-2-1-3-7-16/h1-8H. The normalized spacial score (nSPS) is 11.5. The lowest BCUT2D eigenvalue weighted by atomic mass is 10.2. The molecule has 5 heteroatoms. The van der Waals surface area contributed by atoms with Crippen LogP contribution in [0.4, 0.5) is 0 Å². The summed E-state index contributed by atoms with van der Waals surface area (Å²) in [5, 5.41) is 16.5. The van der Waals surface area contributed by atoms with Crippen LogP contribution in [-0.2, 0) is 0 Å². The summed E-state index contributed by atoms with van der Waals surface area (Å²) in [5.41, 5.74) is 0.326. The van der Waals surface area contributed by atoms with Gasteiger partial charge in [0.05, 0.1) is 10.9 Å². The van der Waals surface area contributed by atoms with Gasteiger partial charge in [0.25, 0.3) is 0 Å². The summed E-state index contributed by atoms with van der Waals surface area (Å²) in [6.45, 7) is 0. The first-order valence-corrected chi connectivity index (χ1v) is 5.60. The van der Waals surface area contributed by atoms with Crippen molar-refractivity contribution in [3.05, 3.63) is 64.4 Å². The lowest BCUT2D eigenvalue weighted by Crippen LogP contribution is -2.33. The first-order chi connectivity index (χ1) is 8.16. The van der Waals surface area contributed by atoms with E-state index in [9.17, 15) is 5.11 Å². The van der Waals surface area contributed by atoms with Crippen molar-refractivity contribution in [1.82, 2.24) is 0 Å². The van der Waals surface area contributed by atoms with E-state index in [4.69, 9.17) is 23.2 Å². The minimum absolute atomic E-state index is 0.294. The van der Waals surface area contributed by atoms with Gasteiger partial charge in [-0.25, -0.2) is 0 Å². The van der Waals surface area contributed by atoms with Crippen molar-refractivity contribution in [3.8, 4) is 0 Å². The highest BCUT2D eigenvalue weighted by Crippen LogP contribution is 2.20. The fourth-order valence-electron chi connectivity index (χ4n) is 1.28. The van der Waals surface area contributed by atoms with Crippen LogP contribution in [0.15, 0.2) is 53.9 Å². The van der Waals surface area contributed by atoms with Gasteiger partial charge in [0, 0.05) is 22.7 Å². The molecule has 0 unspecified atom stereocenters. The second-order valence-corrected chi connectivity index (χ2v) is 4.13. The van der Waals surface area contributed by atoms with Gasteiger partial charge in [0.2, 0.25) is 12.4 Å². The third-order valence-electron chi connectivity index (χ3n) is 2.07. The maximum Gasteiger partial charge on any atom is 0.202 e. The Hall–Kier alpha value is -1.58. The minimum Gasteiger partial charge on any atom is -0.854 e. The summed E-state index contributed by atoms with van der Waals surface area (Å²) < 4.78 is 1.42. The first kappa shape index (κ1) is 11.9. The molecule has 0 aliphatic heterocycles. The molecule has 0 aliphatic rings. The Morgan fingerprint density at radius 3 is 2.47 bits per heavy atom. The molecule has 17 heavy (non-hydrogen) atoms. The smallest absolute Gasteiger partial charge is 0.202 e. The second-order valence-electron chi connectivity index (χ2n) is 3.28. The Balaban J connectivity index is 2.37. The summed E-state index contributed by atoms with van der Waals surface area (Å²) in [5.74, 6) is -0.414. The number of benzene rings is 1. The van der Waals surface area contributed by atoms with E-state index < -0.39 is 5.90 Å². The minimum atomic E-state index is -0.414. The van der Waals surface area contributed by atoms with Gasteiger partial charge in [0.15, 0.2) is 0 Å². The maximum absolute atomic E-state index is 11.8. The number of aromatic nitrogens is 1. The Kier molecular flexibility index (Phi) is 3.61. The largest absolute Gasteiger partial charge is 0.854 e. The van der Waals surface area contributed by atoms with Crippen LogP contribution in [-0.4, -0.2) is 5.90 Å². The molecule has 0 spiro atoms. The summed E-state index contributed by atoms with van der Waals surface area (Å²) >= 11 is 11.7. The third-order valence-corrected chi connectivity index (χ3v) is 2.62. The van der Waals surface area contributed by atoms with E-state index in [0.717, 1.165) is 0 Å². The number of pyridine rings is 1. The van der Waals surface area contributed by atoms with Gasteiger partial charge in [0.1, 0.15) is 0 Å². The van der Waals surface area contributed by atoms with E-state index in [0.29, 0.717) is 15.6 Å². The highest BCUT2D eigenvalue weighted by molar-refractivity contribution is 6.36. The summed E-state index contributed by atoms with van der Waals surface area (Å²) in [4.78, 5) is 0. The molecule has 0 radical (unpaired) electrons. The fraction of sp³-hybridized carbons (Fsp3) is 0. The van der Waals surface area contributed by atoms with E-state index in [2.05, 4.69) is 5.10 Å². The van der Waals surface area contributed by atoms with Crippen LogP contribution in [0.2, 0.25) is 10.0 Å². The van der Waals surface area contributed by atoms with Crippen molar-refractivity contribution < 1.29 is 9.78 Å². The molecule has 0 N–H and O–H groups in total. The van der Waals surface area contributed by atoms with E-state index >= 15 is 0 Å². The number of nitrogens with zero attached hydrogens (tertiary/aromatic N) is 2. The van der Waals surface area contributed by atoms with Gasteiger partial charge in [-0.2, -0.15) is 0 Å². The maximum atomic E-state index is 11.8. The molecule has 0 saturated carbocycles. The summed E-state index contributed by atoms with van der Waals surface area (Å²) in [6.07, 6.45) is 3.34. The lowest BCUT2D eigenvalue weighted by Gasteiger charge is -2.08. The van der Waals surface area contributed by atoms with Crippen molar-refractivity contribution in [2.45, 2.75) is 0 Å². The van der Waals surface area contributed by atoms with Crippen molar-refractivity contribution in [2.24, 2.45) is 5.10 Å². The summed E-state index contributed by atoms with van der Waals surface area (Å²) in [6, 6.07) is 10.1. The molecule has 0 aliphatic carbocycles. The van der Waals surface area contributed by atoms with Gasteiger partial charge >= 0.3 is 0 Å². The molecule has 1 heterocycles. The Morgan fingerprint density at radius 2 is 1.82 bits per heavy atom. The zero-order valence-corrected chi connectivity index (χ0v) is 10.2. The molecule has 0 bridgehead atoms. The van der Waals surface area contributed by atoms with Crippen molar-refractivity contribution in [3.63, 3.8) is 0 Å². The van der Waals surface area contributed by atoms with Crippen molar-refractivity contribution >= 4 is 29.1 Å². The number of rotatable bonds is 2. The molecule has 2 rings (SSSR count). The quantitative estimate of drug-likeness (QED) is 0.465. The van der Waals surface area contributed by atoms with Gasteiger partial charge in [-0.1, -0.05) is 40.0 Å². The summed E-state index contributed by atoms with van der Waals surface area (Å²) in [7, 11) is 0. The molecule has 0 atom stereocenters. The zero-order valence-electron chi connectivity index (χ0n) is 8.68. The van der Waals surface area contributed by atoms with Crippen LogP contribution in [0, 0.1) is 0 Å². The lowest BCUT2D eigenvalue weighted by molar-refractivity contribution is -0.681. The van der Waals surface area contributed by atoms with Crippen LogP contribution in [0.3, 0.4) is 0 Å². The highest BCUT2D eigenvalue weighted by Gasteiger charge is 2.03. The van der Waals surface area contributed by atoms with Crippen LogP contribution < -0.4 is 9.78 Å². The molecule has 3 nitrogen and oxygen atoms in total. The number of halogens is 2. The molecule has 0 amide bonds. The predicted octanol–water partition coefficient (Wildman–Crippen LogP) is 1.85. The Bertz CT molecular complexity index is 556. The Morgan fingerprint density at radius 1 is 1.12 bits per heavy atom. The molecule has 0 fully saturated rings. The average Bonchev–Trinajstić information content (AvgIpc) is 2.30.